The number of aromatic nitrogens is 2. The maximum Gasteiger partial charge on any atom is 0.0492 e. The van der Waals surface area contributed by atoms with Crippen LogP contribution in [0.15, 0.2) is 12.3 Å². The number of hydrogen-bond donors (Lipinski definition) is 0. The maximum absolute atomic E-state index is 4.16. The highest BCUT2D eigenvalue weighted by Gasteiger charge is 2.16. The Kier molecular flexibility index (Phi) is 0.891. The van der Waals surface area contributed by atoms with E-state index in [9.17, 15) is 0 Å². The van der Waals surface area contributed by atoms with E-state index in [-0.39, 0.29) is 0 Å². The Labute approximate surface area is 54.5 Å². The lowest BCUT2D eigenvalue weighted by atomic mass is 10.1. The topological polar surface area (TPSA) is 17.8 Å². The third-order valence-corrected chi connectivity index (χ3v) is 1.85. The molecule has 48 valence electrons. The molecule has 0 aliphatic carbocycles. The van der Waals surface area contributed by atoms with Crippen LogP contribution in [-0.2, 0) is 13.0 Å². The lowest BCUT2D eigenvalue weighted by Crippen LogP contribution is -1.98. The van der Waals surface area contributed by atoms with E-state index in [2.05, 4.69) is 22.8 Å². The van der Waals surface area contributed by atoms with Crippen LogP contribution in [0.5, 0.6) is 0 Å². The van der Waals surface area contributed by atoms with Crippen molar-refractivity contribution < 1.29 is 0 Å². The highest BCUT2D eigenvalue weighted by atomic mass is 15.3. The largest absolute Gasteiger partial charge is 0.269 e. The Morgan fingerprint density at radius 2 is 2.67 bits per heavy atom. The summed E-state index contributed by atoms with van der Waals surface area (Å²) in [5, 5.41) is 4.16. The van der Waals surface area contributed by atoms with Gasteiger partial charge in [-0.3, -0.25) is 4.68 Å². The Bertz CT molecular complexity index is 194. The van der Waals surface area contributed by atoms with Crippen LogP contribution in [0, 0.1) is 5.92 Å². The maximum atomic E-state index is 4.16. The molecule has 0 bridgehead atoms. The third kappa shape index (κ3) is 0.661. The van der Waals surface area contributed by atoms with Crippen LogP contribution in [0.3, 0.4) is 0 Å². The van der Waals surface area contributed by atoms with Crippen LogP contribution in [0.4, 0.5) is 0 Å². The van der Waals surface area contributed by atoms with Crippen molar-refractivity contribution >= 4 is 0 Å². The van der Waals surface area contributed by atoms with E-state index >= 15 is 0 Å². The van der Waals surface area contributed by atoms with Crippen molar-refractivity contribution in [3.63, 3.8) is 0 Å². The first-order valence-electron chi connectivity index (χ1n) is 3.37. The number of rotatable bonds is 0. The molecule has 2 rings (SSSR count). The van der Waals surface area contributed by atoms with Crippen molar-refractivity contribution in [2.75, 3.05) is 0 Å². The smallest absolute Gasteiger partial charge is 0.0492 e. The summed E-state index contributed by atoms with van der Waals surface area (Å²) in [6.45, 7) is 3.37. The second kappa shape index (κ2) is 1.59. The van der Waals surface area contributed by atoms with Crippen LogP contribution in [0.2, 0.25) is 0 Å². The van der Waals surface area contributed by atoms with Crippen molar-refractivity contribution in [3.05, 3.63) is 18.0 Å². The monoisotopic (exact) mass is 122 g/mol. The molecule has 2 heteroatoms. The third-order valence-electron chi connectivity index (χ3n) is 1.85. The molecule has 0 spiro atoms. The Balaban J connectivity index is 2.39. The zero-order valence-electron chi connectivity index (χ0n) is 5.54. The minimum Gasteiger partial charge on any atom is -0.269 e. The van der Waals surface area contributed by atoms with E-state index in [4.69, 9.17) is 0 Å². The molecule has 0 aromatic carbocycles. The normalized spacial score (nSPS) is 24.3. The van der Waals surface area contributed by atoms with Gasteiger partial charge in [0.05, 0.1) is 0 Å². The van der Waals surface area contributed by atoms with Crippen LogP contribution >= 0.6 is 0 Å². The quantitative estimate of drug-likeness (QED) is 0.503. The van der Waals surface area contributed by atoms with Crippen molar-refractivity contribution in [1.82, 2.24) is 9.78 Å². The standard InChI is InChI=1S/C7H10N2/c1-6-4-7-2-3-8-9(7)5-6/h2-3,6H,4-5H2,1H3. The molecule has 0 radical (unpaired) electrons. The highest BCUT2D eigenvalue weighted by Crippen LogP contribution is 2.17. The van der Waals surface area contributed by atoms with E-state index in [1.807, 2.05) is 6.20 Å². The second-order valence-corrected chi connectivity index (χ2v) is 2.81. The molecular weight excluding hydrogens is 112 g/mol. The molecule has 1 aromatic heterocycles. The number of nitrogens with zero attached hydrogens (tertiary/aromatic N) is 2. The fourth-order valence-electron chi connectivity index (χ4n) is 1.41. The van der Waals surface area contributed by atoms with E-state index in [1.165, 1.54) is 12.1 Å². The highest BCUT2D eigenvalue weighted by molar-refractivity contribution is 5.05. The molecule has 0 amide bonds. The molecule has 0 N–H and O–H groups in total. The lowest BCUT2D eigenvalue weighted by Gasteiger charge is -1.94. The lowest BCUT2D eigenvalue weighted by molar-refractivity contribution is 0.529. The molecule has 1 aliphatic heterocycles. The Morgan fingerprint density at radius 1 is 1.78 bits per heavy atom. The van der Waals surface area contributed by atoms with E-state index in [1.54, 1.807) is 0 Å². The molecule has 1 unspecified atom stereocenters. The molecule has 2 nitrogen and oxygen atoms in total. The van der Waals surface area contributed by atoms with Gasteiger partial charge in [0.25, 0.3) is 0 Å². The first-order chi connectivity index (χ1) is 4.36. The summed E-state index contributed by atoms with van der Waals surface area (Å²) >= 11 is 0. The summed E-state index contributed by atoms with van der Waals surface area (Å²) in [6, 6.07) is 2.10. The van der Waals surface area contributed by atoms with E-state index in [0.717, 1.165) is 12.5 Å². The average Bonchev–Trinajstić information content (AvgIpc) is 2.22. The molecule has 1 aromatic rings. The predicted molar refractivity (Wildman–Crippen MR) is 35.1 cm³/mol. The molecule has 9 heavy (non-hydrogen) atoms. The fourth-order valence-corrected chi connectivity index (χ4v) is 1.41. The SMILES string of the molecule is CC1Cc2ccnn2C1. The van der Waals surface area contributed by atoms with Gasteiger partial charge in [-0.1, -0.05) is 6.92 Å². The summed E-state index contributed by atoms with van der Waals surface area (Å²) in [7, 11) is 0. The molecule has 1 atom stereocenters. The average molecular weight is 122 g/mol. The summed E-state index contributed by atoms with van der Waals surface area (Å²) in [5.74, 6) is 0.800. The first kappa shape index (κ1) is 5.03. The van der Waals surface area contributed by atoms with Crippen LogP contribution in [0.25, 0.3) is 0 Å². The van der Waals surface area contributed by atoms with Crippen LogP contribution in [-0.4, -0.2) is 9.78 Å². The molecule has 0 saturated carbocycles. The Morgan fingerprint density at radius 3 is 3.44 bits per heavy atom. The summed E-state index contributed by atoms with van der Waals surface area (Å²) < 4.78 is 2.09. The van der Waals surface area contributed by atoms with Crippen molar-refractivity contribution in [2.24, 2.45) is 5.92 Å². The van der Waals surface area contributed by atoms with Crippen molar-refractivity contribution in [1.29, 1.82) is 0 Å². The van der Waals surface area contributed by atoms with Gasteiger partial charge in [0.1, 0.15) is 0 Å². The summed E-state index contributed by atoms with van der Waals surface area (Å²) in [6.07, 6.45) is 3.08. The molecule has 0 fully saturated rings. The minimum atomic E-state index is 0.800. The Hall–Kier alpha value is -0.790. The second-order valence-electron chi connectivity index (χ2n) is 2.81. The van der Waals surface area contributed by atoms with Crippen LogP contribution < -0.4 is 0 Å². The van der Waals surface area contributed by atoms with Crippen LogP contribution in [0.1, 0.15) is 12.6 Å². The predicted octanol–water partition coefficient (Wildman–Crippen LogP) is 1.08. The van der Waals surface area contributed by atoms with Gasteiger partial charge in [-0.15, -0.1) is 0 Å². The number of hydrogen-bond acceptors (Lipinski definition) is 1. The van der Waals surface area contributed by atoms with Gasteiger partial charge in [0, 0.05) is 18.4 Å². The summed E-state index contributed by atoms with van der Waals surface area (Å²) in [5.41, 5.74) is 1.39. The van der Waals surface area contributed by atoms with E-state index < -0.39 is 0 Å². The van der Waals surface area contributed by atoms with Crippen molar-refractivity contribution in [2.45, 2.75) is 19.9 Å². The molecule has 2 heterocycles. The zero-order valence-corrected chi connectivity index (χ0v) is 5.54. The number of fused-ring (bicyclic) bond motifs is 1. The van der Waals surface area contributed by atoms with E-state index in [0.29, 0.717) is 0 Å². The van der Waals surface area contributed by atoms with Crippen molar-refractivity contribution in [3.8, 4) is 0 Å². The van der Waals surface area contributed by atoms with Gasteiger partial charge < -0.3 is 0 Å². The van der Waals surface area contributed by atoms with Gasteiger partial charge in [-0.05, 0) is 18.4 Å². The first-order valence-corrected chi connectivity index (χ1v) is 3.37. The minimum absolute atomic E-state index is 0.800. The zero-order chi connectivity index (χ0) is 6.27. The fraction of sp³-hybridized carbons (Fsp3) is 0.571. The van der Waals surface area contributed by atoms with Gasteiger partial charge in [-0.25, -0.2) is 0 Å². The summed E-state index contributed by atoms with van der Waals surface area (Å²) in [4.78, 5) is 0. The van der Waals surface area contributed by atoms with Gasteiger partial charge in [-0.2, -0.15) is 5.10 Å². The van der Waals surface area contributed by atoms with Gasteiger partial charge in [0.15, 0.2) is 0 Å². The van der Waals surface area contributed by atoms with Gasteiger partial charge in [0.2, 0.25) is 0 Å². The molecule has 1 aliphatic rings. The molecular formula is C7H10N2. The van der Waals surface area contributed by atoms with Gasteiger partial charge >= 0.3 is 0 Å². The molecule has 0 saturated heterocycles.